The van der Waals surface area contributed by atoms with Gasteiger partial charge in [-0.1, -0.05) is 0 Å². The van der Waals surface area contributed by atoms with Crippen LogP contribution in [0.3, 0.4) is 0 Å². The number of primary amides is 1. The van der Waals surface area contributed by atoms with E-state index < -0.39 is 10.8 Å². The monoisotopic (exact) mass is 312 g/mol. The Bertz CT molecular complexity index is 932. The lowest BCUT2D eigenvalue weighted by atomic mass is 10.1. The zero-order valence-electron chi connectivity index (χ0n) is 12.1. The number of anilines is 2. The van der Waals surface area contributed by atoms with Crippen LogP contribution >= 0.6 is 0 Å². The molecule has 3 N–H and O–H groups in total. The molecule has 1 aromatic heterocycles. The highest BCUT2D eigenvalue weighted by atomic mass is 16.6. The lowest BCUT2D eigenvalue weighted by Crippen LogP contribution is -2.11. The smallest absolute Gasteiger partial charge is 0.293 e. The fourth-order valence-corrected chi connectivity index (χ4v) is 2.22. The van der Waals surface area contributed by atoms with E-state index in [1.165, 1.54) is 12.1 Å². The van der Waals surface area contributed by atoms with Crippen molar-refractivity contribution in [3.63, 3.8) is 0 Å². The van der Waals surface area contributed by atoms with Gasteiger partial charge in [0.1, 0.15) is 11.2 Å². The SMILES string of the molecule is Cc1nc2cc(Nc3ccc(C(N)=O)cc3[N+](=O)[O-])ccc2o1. The van der Waals surface area contributed by atoms with E-state index in [1.807, 2.05) is 0 Å². The van der Waals surface area contributed by atoms with Crippen molar-refractivity contribution in [1.82, 2.24) is 4.98 Å². The van der Waals surface area contributed by atoms with E-state index >= 15 is 0 Å². The molecule has 0 aliphatic rings. The van der Waals surface area contributed by atoms with Crippen molar-refractivity contribution >= 4 is 34.1 Å². The van der Waals surface area contributed by atoms with E-state index in [0.717, 1.165) is 6.07 Å². The lowest BCUT2D eigenvalue weighted by Gasteiger charge is -2.07. The Balaban J connectivity index is 2.00. The van der Waals surface area contributed by atoms with Crippen molar-refractivity contribution in [3.8, 4) is 0 Å². The maximum Gasteiger partial charge on any atom is 0.293 e. The van der Waals surface area contributed by atoms with Crippen LogP contribution in [0.15, 0.2) is 40.8 Å². The summed E-state index contributed by atoms with van der Waals surface area (Å²) in [5, 5.41) is 14.1. The van der Waals surface area contributed by atoms with Crippen LogP contribution in [0.25, 0.3) is 11.1 Å². The molecule has 0 spiro atoms. The van der Waals surface area contributed by atoms with E-state index in [0.29, 0.717) is 22.7 Å². The van der Waals surface area contributed by atoms with Crippen molar-refractivity contribution in [2.75, 3.05) is 5.32 Å². The minimum Gasteiger partial charge on any atom is -0.441 e. The van der Waals surface area contributed by atoms with Gasteiger partial charge in [0.2, 0.25) is 5.91 Å². The molecule has 0 unspecified atom stereocenters. The van der Waals surface area contributed by atoms with Gasteiger partial charge >= 0.3 is 0 Å². The number of aryl methyl sites for hydroxylation is 1. The zero-order chi connectivity index (χ0) is 16.6. The largest absolute Gasteiger partial charge is 0.441 e. The van der Waals surface area contributed by atoms with Gasteiger partial charge in [0.25, 0.3) is 5.69 Å². The standard InChI is InChI=1S/C15H12N4O4/c1-8-17-12-7-10(3-5-14(12)23-8)18-11-4-2-9(15(16)20)6-13(11)19(21)22/h2-7,18H,1H3,(H2,16,20). The highest BCUT2D eigenvalue weighted by Crippen LogP contribution is 2.30. The molecule has 8 nitrogen and oxygen atoms in total. The van der Waals surface area contributed by atoms with Crippen LogP contribution in [0.5, 0.6) is 0 Å². The third kappa shape index (κ3) is 2.82. The number of hydrogen-bond donors (Lipinski definition) is 2. The van der Waals surface area contributed by atoms with Crippen molar-refractivity contribution in [2.45, 2.75) is 6.92 Å². The number of nitrogens with zero attached hydrogens (tertiary/aromatic N) is 2. The molecule has 116 valence electrons. The normalized spacial score (nSPS) is 10.7. The number of oxazole rings is 1. The minimum absolute atomic E-state index is 0.0739. The van der Waals surface area contributed by atoms with Gasteiger partial charge in [-0.3, -0.25) is 14.9 Å². The average molecular weight is 312 g/mol. The number of nitro benzene ring substituents is 1. The van der Waals surface area contributed by atoms with E-state index in [2.05, 4.69) is 10.3 Å². The Morgan fingerprint density at radius 2 is 2.09 bits per heavy atom. The fourth-order valence-electron chi connectivity index (χ4n) is 2.22. The molecule has 1 amide bonds. The highest BCUT2D eigenvalue weighted by molar-refractivity contribution is 5.94. The molecule has 0 saturated carbocycles. The first-order valence-electron chi connectivity index (χ1n) is 6.66. The second-order valence-electron chi connectivity index (χ2n) is 4.89. The Hall–Kier alpha value is -3.42. The molecular formula is C15H12N4O4. The van der Waals surface area contributed by atoms with E-state index in [4.69, 9.17) is 10.2 Å². The molecule has 0 fully saturated rings. The van der Waals surface area contributed by atoms with Crippen LogP contribution in [0.4, 0.5) is 17.1 Å². The van der Waals surface area contributed by atoms with Gasteiger partial charge in [-0.15, -0.1) is 0 Å². The molecule has 1 heterocycles. The van der Waals surface area contributed by atoms with Gasteiger partial charge < -0.3 is 15.5 Å². The molecule has 3 rings (SSSR count). The highest BCUT2D eigenvalue weighted by Gasteiger charge is 2.17. The summed E-state index contributed by atoms with van der Waals surface area (Å²) in [4.78, 5) is 26.0. The Labute approximate surface area is 130 Å². The number of nitrogens with one attached hydrogen (secondary N) is 1. The first-order chi connectivity index (χ1) is 10.9. The molecule has 0 aliphatic carbocycles. The maximum absolute atomic E-state index is 11.2. The van der Waals surface area contributed by atoms with Crippen LogP contribution in [-0.4, -0.2) is 15.8 Å². The van der Waals surface area contributed by atoms with E-state index in [9.17, 15) is 14.9 Å². The summed E-state index contributed by atoms with van der Waals surface area (Å²) in [6.07, 6.45) is 0. The third-order valence-electron chi connectivity index (χ3n) is 3.25. The maximum atomic E-state index is 11.2. The summed E-state index contributed by atoms with van der Waals surface area (Å²) >= 11 is 0. The molecule has 3 aromatic rings. The number of hydrogen-bond acceptors (Lipinski definition) is 6. The van der Waals surface area contributed by atoms with Crippen molar-refractivity contribution in [2.24, 2.45) is 5.73 Å². The van der Waals surface area contributed by atoms with Crippen LogP contribution in [0, 0.1) is 17.0 Å². The Morgan fingerprint density at radius 3 is 2.78 bits per heavy atom. The number of rotatable bonds is 4. The molecule has 0 saturated heterocycles. The summed E-state index contributed by atoms with van der Waals surface area (Å²) < 4.78 is 5.38. The molecule has 23 heavy (non-hydrogen) atoms. The molecule has 2 aromatic carbocycles. The predicted molar refractivity (Wildman–Crippen MR) is 83.6 cm³/mol. The van der Waals surface area contributed by atoms with E-state index in [-0.39, 0.29) is 16.9 Å². The first-order valence-corrected chi connectivity index (χ1v) is 6.66. The summed E-state index contributed by atoms with van der Waals surface area (Å²) in [6, 6.07) is 9.17. The van der Waals surface area contributed by atoms with Gasteiger partial charge in [0, 0.05) is 24.2 Å². The van der Waals surface area contributed by atoms with Gasteiger partial charge in [0.05, 0.1) is 4.92 Å². The number of carbonyl (C=O) groups is 1. The quantitative estimate of drug-likeness (QED) is 0.563. The lowest BCUT2D eigenvalue weighted by molar-refractivity contribution is -0.383. The number of benzene rings is 2. The number of nitro groups is 1. The molecule has 0 bridgehead atoms. The molecule has 0 aliphatic heterocycles. The third-order valence-corrected chi connectivity index (χ3v) is 3.25. The van der Waals surface area contributed by atoms with Crippen LogP contribution in [0.1, 0.15) is 16.2 Å². The van der Waals surface area contributed by atoms with Gasteiger partial charge in [-0.25, -0.2) is 4.98 Å². The average Bonchev–Trinajstić information content (AvgIpc) is 2.86. The molecule has 0 atom stereocenters. The van der Waals surface area contributed by atoms with E-state index in [1.54, 1.807) is 25.1 Å². The summed E-state index contributed by atoms with van der Waals surface area (Å²) in [5.41, 5.74) is 7.12. The number of aromatic nitrogens is 1. The number of amides is 1. The number of nitrogens with two attached hydrogens (primary N) is 1. The summed E-state index contributed by atoms with van der Waals surface area (Å²) in [6.45, 7) is 1.74. The van der Waals surface area contributed by atoms with Crippen molar-refractivity contribution < 1.29 is 14.1 Å². The van der Waals surface area contributed by atoms with Gasteiger partial charge in [-0.05, 0) is 30.3 Å². The molecule has 0 radical (unpaired) electrons. The Kier molecular flexibility index (Phi) is 3.41. The number of fused-ring (bicyclic) bond motifs is 1. The summed E-state index contributed by atoms with van der Waals surface area (Å²) in [5.74, 6) is -0.187. The van der Waals surface area contributed by atoms with Crippen LogP contribution in [-0.2, 0) is 0 Å². The number of carbonyl (C=O) groups excluding carboxylic acids is 1. The minimum atomic E-state index is -0.723. The van der Waals surface area contributed by atoms with Gasteiger partial charge in [-0.2, -0.15) is 0 Å². The fraction of sp³-hybridized carbons (Fsp3) is 0.0667. The van der Waals surface area contributed by atoms with Crippen LogP contribution < -0.4 is 11.1 Å². The molecule has 8 heteroatoms. The first kappa shape index (κ1) is 14.5. The topological polar surface area (TPSA) is 124 Å². The van der Waals surface area contributed by atoms with Crippen molar-refractivity contribution in [1.29, 1.82) is 0 Å². The van der Waals surface area contributed by atoms with Crippen LogP contribution in [0.2, 0.25) is 0 Å². The second-order valence-corrected chi connectivity index (χ2v) is 4.89. The van der Waals surface area contributed by atoms with Gasteiger partial charge in [0.15, 0.2) is 11.5 Å². The zero-order valence-corrected chi connectivity index (χ0v) is 12.1. The molecular weight excluding hydrogens is 300 g/mol. The summed E-state index contributed by atoms with van der Waals surface area (Å²) in [7, 11) is 0. The van der Waals surface area contributed by atoms with Crippen molar-refractivity contribution in [3.05, 3.63) is 58.0 Å². The predicted octanol–water partition coefficient (Wildman–Crippen LogP) is 2.89. The Morgan fingerprint density at radius 1 is 1.30 bits per heavy atom. The second kappa shape index (κ2) is 5.41.